The lowest BCUT2D eigenvalue weighted by Crippen LogP contribution is -2.25. The van der Waals surface area contributed by atoms with Crippen molar-refractivity contribution in [3.8, 4) is 0 Å². The molecule has 2 nitrogen and oxygen atoms in total. The maximum atomic E-state index is 12.2. The van der Waals surface area contributed by atoms with Crippen molar-refractivity contribution in [1.82, 2.24) is 0 Å². The van der Waals surface area contributed by atoms with Gasteiger partial charge in [-0.2, -0.15) is 0 Å². The molecule has 0 saturated carbocycles. The lowest BCUT2D eigenvalue weighted by atomic mass is 9.95. The number of benzene rings is 1. The van der Waals surface area contributed by atoms with Gasteiger partial charge in [-0.3, -0.25) is 4.79 Å². The number of hydrogen-bond donors (Lipinski definition) is 0. The second-order valence-electron chi connectivity index (χ2n) is 4.48. The van der Waals surface area contributed by atoms with Crippen LogP contribution >= 0.6 is 0 Å². The third-order valence-corrected chi connectivity index (χ3v) is 3.27. The van der Waals surface area contributed by atoms with E-state index in [2.05, 4.69) is 19.9 Å². The summed E-state index contributed by atoms with van der Waals surface area (Å²) >= 11 is 0. The van der Waals surface area contributed by atoms with Gasteiger partial charge in [-0.05, 0) is 30.4 Å². The fraction of sp³-hybridized carbons (Fsp3) is 0.500. The highest BCUT2D eigenvalue weighted by Crippen LogP contribution is 2.23. The second-order valence-corrected chi connectivity index (χ2v) is 4.48. The van der Waals surface area contributed by atoms with Crippen LogP contribution < -0.4 is 0 Å². The van der Waals surface area contributed by atoms with E-state index in [1.54, 1.807) is 0 Å². The Morgan fingerprint density at radius 3 is 2.94 bits per heavy atom. The Morgan fingerprint density at radius 1 is 1.50 bits per heavy atom. The molecule has 1 aromatic rings. The summed E-state index contributed by atoms with van der Waals surface area (Å²) in [6, 6.07) is 7.87. The van der Waals surface area contributed by atoms with Crippen molar-refractivity contribution in [3.63, 3.8) is 0 Å². The molecule has 16 heavy (non-hydrogen) atoms. The summed E-state index contributed by atoms with van der Waals surface area (Å²) in [5.74, 6) is 0.484. The minimum Gasteiger partial charge on any atom is -0.370 e. The minimum atomic E-state index is -0.230. The van der Waals surface area contributed by atoms with Crippen molar-refractivity contribution in [2.75, 3.05) is 6.61 Å². The molecule has 0 spiro atoms. The molecule has 0 aromatic heterocycles. The number of Topliss-reactive ketones (excluding diaryl/α,β-unsaturated/α-hetero) is 1. The molecule has 0 aliphatic carbocycles. The summed E-state index contributed by atoms with van der Waals surface area (Å²) in [4.78, 5) is 12.2. The number of aryl methyl sites for hydroxylation is 1. The maximum Gasteiger partial charge on any atom is 0.191 e. The van der Waals surface area contributed by atoms with Gasteiger partial charge in [0.05, 0.1) is 0 Å². The van der Waals surface area contributed by atoms with Crippen LogP contribution in [0.5, 0.6) is 0 Å². The molecular weight excluding hydrogens is 200 g/mol. The first-order valence-electron chi connectivity index (χ1n) is 5.97. The first-order valence-corrected chi connectivity index (χ1v) is 5.97. The predicted octanol–water partition coefficient (Wildman–Crippen LogP) is 2.86. The Balaban J connectivity index is 2.19. The SMILES string of the molecule is CCc1cccc(C(=O)C2OCCC2C)c1. The Hall–Kier alpha value is -1.15. The minimum absolute atomic E-state index is 0.139. The fourth-order valence-corrected chi connectivity index (χ4v) is 2.14. The van der Waals surface area contributed by atoms with E-state index in [4.69, 9.17) is 4.74 Å². The molecular formula is C14H18O2. The van der Waals surface area contributed by atoms with E-state index in [-0.39, 0.29) is 11.9 Å². The number of hydrogen-bond acceptors (Lipinski definition) is 2. The quantitative estimate of drug-likeness (QED) is 0.729. The van der Waals surface area contributed by atoms with Crippen molar-refractivity contribution in [3.05, 3.63) is 35.4 Å². The van der Waals surface area contributed by atoms with Gasteiger partial charge in [-0.15, -0.1) is 0 Å². The predicted molar refractivity (Wildman–Crippen MR) is 63.7 cm³/mol. The number of ketones is 1. The molecule has 1 aliphatic rings. The van der Waals surface area contributed by atoms with Crippen LogP contribution in [0, 0.1) is 5.92 Å². The zero-order valence-corrected chi connectivity index (χ0v) is 9.90. The van der Waals surface area contributed by atoms with Crippen molar-refractivity contribution < 1.29 is 9.53 Å². The zero-order chi connectivity index (χ0) is 11.5. The van der Waals surface area contributed by atoms with E-state index in [1.165, 1.54) is 5.56 Å². The molecule has 1 heterocycles. The highest BCUT2D eigenvalue weighted by atomic mass is 16.5. The van der Waals surface area contributed by atoms with Crippen molar-refractivity contribution in [1.29, 1.82) is 0 Å². The van der Waals surface area contributed by atoms with Gasteiger partial charge in [0.15, 0.2) is 5.78 Å². The molecule has 0 bridgehead atoms. The number of rotatable bonds is 3. The highest BCUT2D eigenvalue weighted by Gasteiger charge is 2.31. The van der Waals surface area contributed by atoms with Gasteiger partial charge in [-0.25, -0.2) is 0 Å². The smallest absolute Gasteiger partial charge is 0.191 e. The normalized spacial score (nSPS) is 24.6. The van der Waals surface area contributed by atoms with Crippen LogP contribution in [0.25, 0.3) is 0 Å². The molecule has 2 unspecified atom stereocenters. The summed E-state index contributed by atoms with van der Waals surface area (Å²) in [6.45, 7) is 4.89. The molecule has 0 N–H and O–H groups in total. The Morgan fingerprint density at radius 2 is 2.31 bits per heavy atom. The van der Waals surface area contributed by atoms with Gasteiger partial charge in [0.25, 0.3) is 0 Å². The van der Waals surface area contributed by atoms with Crippen molar-refractivity contribution in [2.24, 2.45) is 5.92 Å². The van der Waals surface area contributed by atoms with Crippen LogP contribution in [0.3, 0.4) is 0 Å². The number of carbonyl (C=O) groups excluding carboxylic acids is 1. The lowest BCUT2D eigenvalue weighted by molar-refractivity contribution is 0.0579. The van der Waals surface area contributed by atoms with Gasteiger partial charge in [0, 0.05) is 12.2 Å². The molecule has 1 saturated heterocycles. The highest BCUT2D eigenvalue weighted by molar-refractivity contribution is 5.99. The van der Waals surface area contributed by atoms with Crippen LogP contribution in [0.1, 0.15) is 36.2 Å². The molecule has 2 atom stereocenters. The van der Waals surface area contributed by atoms with Gasteiger partial charge < -0.3 is 4.74 Å². The maximum absolute atomic E-state index is 12.2. The molecule has 1 aromatic carbocycles. The topological polar surface area (TPSA) is 26.3 Å². The summed E-state index contributed by atoms with van der Waals surface area (Å²) < 4.78 is 5.51. The standard InChI is InChI=1S/C14H18O2/c1-3-11-5-4-6-12(9-11)13(15)14-10(2)7-8-16-14/h4-6,9-10,14H,3,7-8H2,1-2H3. The second kappa shape index (κ2) is 4.79. The molecule has 2 rings (SSSR count). The Kier molecular flexibility index (Phi) is 3.39. The van der Waals surface area contributed by atoms with Gasteiger partial charge in [0.1, 0.15) is 6.10 Å². The van der Waals surface area contributed by atoms with Crippen LogP contribution in [-0.4, -0.2) is 18.5 Å². The molecule has 86 valence electrons. The first kappa shape index (κ1) is 11.3. The summed E-state index contributed by atoms with van der Waals surface area (Å²) in [7, 11) is 0. The van der Waals surface area contributed by atoms with Gasteiger partial charge in [0.2, 0.25) is 0 Å². The fourth-order valence-electron chi connectivity index (χ4n) is 2.14. The first-order chi connectivity index (χ1) is 7.72. The number of carbonyl (C=O) groups is 1. The van der Waals surface area contributed by atoms with E-state index in [0.717, 1.165) is 18.4 Å². The van der Waals surface area contributed by atoms with E-state index in [0.29, 0.717) is 12.5 Å². The summed E-state index contributed by atoms with van der Waals surface area (Å²) in [6.07, 6.45) is 1.72. The average Bonchev–Trinajstić information content (AvgIpc) is 2.74. The molecule has 2 heteroatoms. The van der Waals surface area contributed by atoms with Crippen molar-refractivity contribution >= 4 is 5.78 Å². The van der Waals surface area contributed by atoms with E-state index in [9.17, 15) is 4.79 Å². The number of ether oxygens (including phenoxy) is 1. The average molecular weight is 218 g/mol. The Bertz CT molecular complexity index is 384. The Labute approximate surface area is 96.6 Å². The summed E-state index contributed by atoms with van der Waals surface area (Å²) in [5, 5.41) is 0. The monoisotopic (exact) mass is 218 g/mol. The molecule has 1 fully saturated rings. The lowest BCUT2D eigenvalue weighted by Gasteiger charge is -2.13. The van der Waals surface area contributed by atoms with Crippen LogP contribution in [0.4, 0.5) is 0 Å². The third kappa shape index (κ3) is 2.17. The largest absolute Gasteiger partial charge is 0.370 e. The van der Waals surface area contributed by atoms with E-state index < -0.39 is 0 Å². The zero-order valence-electron chi connectivity index (χ0n) is 9.90. The van der Waals surface area contributed by atoms with E-state index >= 15 is 0 Å². The van der Waals surface area contributed by atoms with Crippen LogP contribution in [0.2, 0.25) is 0 Å². The van der Waals surface area contributed by atoms with E-state index in [1.807, 2.05) is 18.2 Å². The molecule has 0 amide bonds. The summed E-state index contributed by atoms with van der Waals surface area (Å²) in [5.41, 5.74) is 2.00. The van der Waals surface area contributed by atoms with Gasteiger partial charge >= 0.3 is 0 Å². The van der Waals surface area contributed by atoms with Gasteiger partial charge in [-0.1, -0.05) is 32.0 Å². The van der Waals surface area contributed by atoms with Crippen LogP contribution in [-0.2, 0) is 11.2 Å². The van der Waals surface area contributed by atoms with Crippen molar-refractivity contribution in [2.45, 2.75) is 32.8 Å². The van der Waals surface area contributed by atoms with Crippen LogP contribution in [0.15, 0.2) is 24.3 Å². The third-order valence-electron chi connectivity index (χ3n) is 3.27. The molecule has 0 radical (unpaired) electrons. The molecule has 1 aliphatic heterocycles.